The highest BCUT2D eigenvalue weighted by atomic mass is 31.2. The minimum absolute atomic E-state index is 0.465. The van der Waals surface area contributed by atoms with Gasteiger partial charge in [0, 0.05) is 0 Å². The normalized spacial score (nSPS) is 23.4. The van der Waals surface area contributed by atoms with E-state index >= 15 is 0 Å². The van der Waals surface area contributed by atoms with Crippen LogP contribution in [0.25, 0.3) is 0 Å². The third-order valence-electron chi connectivity index (χ3n) is 3.10. The number of alkyl halides is 9. The van der Waals surface area contributed by atoms with Crippen molar-refractivity contribution in [3.63, 3.8) is 0 Å². The van der Waals surface area contributed by atoms with E-state index in [2.05, 4.69) is 13.6 Å². The first-order valence-electron chi connectivity index (χ1n) is 6.51. The summed E-state index contributed by atoms with van der Waals surface area (Å²) in [5.41, 5.74) is -7.13. The highest BCUT2D eigenvalue weighted by molar-refractivity contribution is 7.49. The molecule has 1 aliphatic rings. The lowest BCUT2D eigenvalue weighted by atomic mass is 9.91. The van der Waals surface area contributed by atoms with Crippen molar-refractivity contribution in [2.24, 2.45) is 0 Å². The minimum atomic E-state index is -6.57. The van der Waals surface area contributed by atoms with Gasteiger partial charge >= 0.3 is 32.0 Å². The number of phosphoric acid groups is 1. The quantitative estimate of drug-likeness (QED) is 0.495. The van der Waals surface area contributed by atoms with E-state index in [4.69, 9.17) is 0 Å². The molecule has 0 spiro atoms. The maximum absolute atomic E-state index is 13.3. The number of Topliss-reactive ketones (excluding diaryl/α,β-unsaturated/α-hetero) is 1. The summed E-state index contributed by atoms with van der Waals surface area (Å²) in [4.78, 5) is 12.1. The molecule has 0 bridgehead atoms. The lowest BCUT2D eigenvalue weighted by Crippen LogP contribution is -2.63. The molecule has 1 heterocycles. The second-order valence-electron chi connectivity index (χ2n) is 5.02. The van der Waals surface area contributed by atoms with Crippen molar-refractivity contribution >= 4 is 13.6 Å². The Morgan fingerprint density at radius 3 is 1.96 bits per heavy atom. The number of phosphoric ester groups is 1. The Morgan fingerprint density at radius 1 is 0.963 bits per heavy atom. The average molecular weight is 432 g/mol. The Bertz CT molecular complexity index is 769. The van der Waals surface area contributed by atoms with Crippen LogP contribution in [-0.4, -0.2) is 36.5 Å². The SMILES string of the molecule is O=C1c2ccccc2O[P@@](=O)(OCC(F)(F)F)OC1(C(F)(F)F)C(F)(F)F. The molecular formula is C12H6F9O5P. The van der Waals surface area contributed by atoms with Gasteiger partial charge in [0.1, 0.15) is 5.75 Å². The summed E-state index contributed by atoms with van der Waals surface area (Å²) in [5.74, 6) is -3.91. The molecule has 0 saturated carbocycles. The van der Waals surface area contributed by atoms with Crippen LogP contribution in [0.3, 0.4) is 0 Å². The topological polar surface area (TPSA) is 61.8 Å². The van der Waals surface area contributed by atoms with Gasteiger partial charge in [-0.25, -0.2) is 9.09 Å². The molecule has 0 amide bonds. The standard InChI is InChI=1S/C12H6F9O5P/c13-9(14,15)5-24-27(23)25-7-4-2-1-3-6(7)8(22)10(26-27,11(16,17)18)12(19,20)21/h1-4H,5H2/t27-/m1/s1. The van der Waals surface area contributed by atoms with E-state index < -0.39 is 55.7 Å². The number of fused-ring (bicyclic) bond motifs is 1. The van der Waals surface area contributed by atoms with Crippen molar-refractivity contribution in [1.82, 2.24) is 0 Å². The molecular weight excluding hydrogens is 426 g/mol. The van der Waals surface area contributed by atoms with Gasteiger partial charge in [-0.3, -0.25) is 9.32 Å². The summed E-state index contributed by atoms with van der Waals surface area (Å²) in [6, 6.07) is 2.88. The number of carbonyl (C=O) groups excluding carboxylic acids is 1. The van der Waals surface area contributed by atoms with Gasteiger partial charge in [-0.2, -0.15) is 39.5 Å². The highest BCUT2D eigenvalue weighted by Gasteiger charge is 2.80. The van der Waals surface area contributed by atoms with E-state index in [1.54, 1.807) is 0 Å². The number of ketones is 1. The van der Waals surface area contributed by atoms with Crippen molar-refractivity contribution in [3.05, 3.63) is 29.8 Å². The van der Waals surface area contributed by atoms with E-state index in [0.29, 0.717) is 12.1 Å². The van der Waals surface area contributed by atoms with Crippen molar-refractivity contribution in [1.29, 1.82) is 0 Å². The van der Waals surface area contributed by atoms with Gasteiger partial charge in [0.2, 0.25) is 5.78 Å². The lowest BCUT2D eigenvalue weighted by Gasteiger charge is -2.34. The molecule has 0 saturated heterocycles. The van der Waals surface area contributed by atoms with Gasteiger partial charge in [-0.1, -0.05) is 12.1 Å². The second-order valence-corrected chi connectivity index (χ2v) is 6.54. The maximum atomic E-state index is 13.3. The monoisotopic (exact) mass is 432 g/mol. The molecule has 0 aromatic heterocycles. The Morgan fingerprint density at radius 2 is 1.48 bits per heavy atom. The molecule has 27 heavy (non-hydrogen) atoms. The van der Waals surface area contributed by atoms with Crippen LogP contribution < -0.4 is 4.52 Å². The average Bonchev–Trinajstić information content (AvgIpc) is 2.58. The molecule has 0 radical (unpaired) electrons. The van der Waals surface area contributed by atoms with Crippen molar-refractivity contribution in [3.8, 4) is 5.75 Å². The summed E-state index contributed by atoms with van der Waals surface area (Å²) >= 11 is 0. The van der Waals surface area contributed by atoms with E-state index in [1.807, 2.05) is 0 Å². The summed E-state index contributed by atoms with van der Waals surface area (Å²) in [5, 5.41) is 0. The molecule has 0 unspecified atom stereocenters. The van der Waals surface area contributed by atoms with Gasteiger partial charge in [0.25, 0.3) is 0 Å². The molecule has 0 N–H and O–H groups in total. The zero-order valence-corrected chi connectivity index (χ0v) is 13.3. The smallest absolute Gasteiger partial charge is 0.403 e. The number of carbonyl (C=O) groups is 1. The van der Waals surface area contributed by atoms with Crippen LogP contribution in [0.1, 0.15) is 10.4 Å². The van der Waals surface area contributed by atoms with Gasteiger partial charge in [0.15, 0.2) is 6.61 Å². The Labute approximate surface area is 143 Å². The van der Waals surface area contributed by atoms with Crippen molar-refractivity contribution in [2.75, 3.05) is 6.61 Å². The maximum Gasteiger partial charge on any atom is 0.532 e. The number of benzene rings is 1. The van der Waals surface area contributed by atoms with E-state index in [0.717, 1.165) is 12.1 Å². The zero-order valence-electron chi connectivity index (χ0n) is 12.4. The third kappa shape index (κ3) is 3.92. The van der Waals surface area contributed by atoms with Crippen molar-refractivity contribution < 1.29 is 62.4 Å². The molecule has 0 fully saturated rings. The predicted molar refractivity (Wildman–Crippen MR) is 66.9 cm³/mol. The number of para-hydroxylation sites is 1. The van der Waals surface area contributed by atoms with Gasteiger partial charge in [-0.05, 0) is 12.1 Å². The van der Waals surface area contributed by atoms with Gasteiger partial charge in [0.05, 0.1) is 5.56 Å². The second kappa shape index (κ2) is 6.38. The fourth-order valence-electron chi connectivity index (χ4n) is 2.00. The first kappa shape index (κ1) is 21.5. The molecule has 5 nitrogen and oxygen atoms in total. The number of rotatable bonds is 2. The number of hydrogen-bond donors (Lipinski definition) is 0. The number of halogens is 9. The molecule has 2 rings (SSSR count). The fourth-order valence-corrected chi connectivity index (χ4v) is 3.47. The zero-order chi connectivity index (χ0) is 20.9. The third-order valence-corrected chi connectivity index (χ3v) is 4.46. The molecule has 15 heteroatoms. The van der Waals surface area contributed by atoms with Gasteiger partial charge < -0.3 is 4.52 Å². The van der Waals surface area contributed by atoms with Crippen LogP contribution >= 0.6 is 7.82 Å². The largest absolute Gasteiger partial charge is 0.532 e. The lowest BCUT2D eigenvalue weighted by molar-refractivity contribution is -0.336. The van der Waals surface area contributed by atoms with Crippen LogP contribution in [0, 0.1) is 0 Å². The summed E-state index contributed by atoms with van der Waals surface area (Å²) in [6.45, 7) is -2.56. The minimum Gasteiger partial charge on any atom is -0.403 e. The van der Waals surface area contributed by atoms with Crippen LogP contribution in [-0.2, 0) is 13.6 Å². The summed E-state index contributed by atoms with van der Waals surface area (Å²) < 4.78 is 140. The molecule has 152 valence electrons. The number of hydrogen-bond acceptors (Lipinski definition) is 5. The van der Waals surface area contributed by atoms with Crippen LogP contribution in [0.4, 0.5) is 39.5 Å². The van der Waals surface area contributed by atoms with Crippen LogP contribution in [0.15, 0.2) is 24.3 Å². The van der Waals surface area contributed by atoms with E-state index in [1.165, 1.54) is 0 Å². The highest BCUT2D eigenvalue weighted by Crippen LogP contribution is 2.63. The fraction of sp³-hybridized carbons (Fsp3) is 0.417. The first-order valence-corrected chi connectivity index (χ1v) is 7.97. The summed E-state index contributed by atoms with van der Waals surface area (Å²) in [6.07, 6.45) is -18.4. The Hall–Kier alpha value is -1.79. The summed E-state index contributed by atoms with van der Waals surface area (Å²) in [7, 11) is -6.22. The van der Waals surface area contributed by atoms with Gasteiger partial charge in [-0.15, -0.1) is 0 Å². The molecule has 0 aliphatic carbocycles. The molecule has 1 aromatic carbocycles. The van der Waals surface area contributed by atoms with E-state index in [9.17, 15) is 48.9 Å². The molecule has 1 aromatic rings. The Kier molecular flexibility index (Phi) is 5.08. The van der Waals surface area contributed by atoms with E-state index in [-0.39, 0.29) is 0 Å². The van der Waals surface area contributed by atoms with Crippen molar-refractivity contribution in [2.45, 2.75) is 24.1 Å². The molecule has 1 atom stereocenters. The van der Waals surface area contributed by atoms with Crippen LogP contribution in [0.2, 0.25) is 0 Å². The molecule has 1 aliphatic heterocycles. The Balaban J connectivity index is 2.73. The first-order chi connectivity index (χ1) is 12.0. The predicted octanol–water partition coefficient (Wildman–Crippen LogP) is 4.83. The van der Waals surface area contributed by atoms with Crippen LogP contribution in [0.5, 0.6) is 5.75 Å².